The maximum absolute atomic E-state index is 13.7. The number of hydrogen-bond acceptors (Lipinski definition) is 3. The van der Waals surface area contributed by atoms with Crippen LogP contribution in [-0.4, -0.2) is 23.9 Å². The molecule has 2 aromatic rings. The van der Waals surface area contributed by atoms with Crippen molar-refractivity contribution in [3.63, 3.8) is 0 Å². The standard InChI is InChI=1S/C15H16BrFN2O2/c1-10(19(2)9-12-4-3-7-21-12)15(20)18-14-6-5-11(16)8-13(14)17/h3-8,10H,9H2,1-2H3,(H,18,20)/t10-/m1/s1. The number of amides is 1. The Balaban J connectivity index is 1.98. The van der Waals surface area contributed by atoms with Gasteiger partial charge in [-0.05, 0) is 44.3 Å². The number of anilines is 1. The Labute approximate surface area is 131 Å². The number of hydrogen-bond donors (Lipinski definition) is 1. The van der Waals surface area contributed by atoms with Crippen molar-refractivity contribution in [1.29, 1.82) is 0 Å². The minimum absolute atomic E-state index is 0.168. The Bertz CT molecular complexity index is 616. The van der Waals surface area contributed by atoms with Crippen molar-refractivity contribution >= 4 is 27.5 Å². The van der Waals surface area contributed by atoms with E-state index < -0.39 is 11.9 Å². The van der Waals surface area contributed by atoms with Crippen molar-refractivity contribution in [3.05, 3.63) is 52.6 Å². The summed E-state index contributed by atoms with van der Waals surface area (Å²) in [5.74, 6) is 0.0239. The summed E-state index contributed by atoms with van der Waals surface area (Å²) in [6, 6.07) is 7.73. The van der Waals surface area contributed by atoms with E-state index >= 15 is 0 Å². The molecule has 0 spiro atoms. The van der Waals surface area contributed by atoms with Crippen LogP contribution in [0.5, 0.6) is 0 Å². The number of benzene rings is 1. The Morgan fingerprint density at radius 2 is 2.24 bits per heavy atom. The number of carbonyl (C=O) groups is 1. The van der Waals surface area contributed by atoms with E-state index in [1.54, 1.807) is 25.3 Å². The molecule has 0 fully saturated rings. The van der Waals surface area contributed by atoms with Gasteiger partial charge in [0.2, 0.25) is 5.91 Å². The number of furan rings is 1. The quantitative estimate of drug-likeness (QED) is 0.891. The first-order chi connectivity index (χ1) is 9.97. The van der Waals surface area contributed by atoms with Gasteiger partial charge in [-0.15, -0.1) is 0 Å². The van der Waals surface area contributed by atoms with E-state index in [1.165, 1.54) is 12.1 Å². The van der Waals surface area contributed by atoms with Crippen LogP contribution in [0.15, 0.2) is 45.5 Å². The fourth-order valence-electron chi connectivity index (χ4n) is 1.81. The third-order valence-corrected chi connectivity index (χ3v) is 3.71. The van der Waals surface area contributed by atoms with Crippen LogP contribution < -0.4 is 5.32 Å². The van der Waals surface area contributed by atoms with Gasteiger partial charge in [0, 0.05) is 4.47 Å². The first kappa shape index (κ1) is 15.7. The van der Waals surface area contributed by atoms with Gasteiger partial charge in [0.05, 0.1) is 24.5 Å². The molecule has 0 aliphatic rings. The second-order valence-corrected chi connectivity index (χ2v) is 5.70. The lowest BCUT2D eigenvalue weighted by Gasteiger charge is -2.23. The fourth-order valence-corrected chi connectivity index (χ4v) is 2.15. The molecule has 1 aromatic heterocycles. The molecule has 1 heterocycles. The SMILES string of the molecule is C[C@H](C(=O)Nc1ccc(Br)cc1F)N(C)Cc1ccco1. The molecule has 6 heteroatoms. The first-order valence-corrected chi connectivity index (χ1v) is 7.25. The number of likely N-dealkylation sites (N-methyl/N-ethyl adjacent to an activating group) is 1. The third-order valence-electron chi connectivity index (χ3n) is 3.21. The molecule has 4 nitrogen and oxygen atoms in total. The van der Waals surface area contributed by atoms with Crippen molar-refractivity contribution in [2.75, 3.05) is 12.4 Å². The average Bonchev–Trinajstić information content (AvgIpc) is 2.93. The molecule has 0 aliphatic heterocycles. The van der Waals surface area contributed by atoms with Crippen LogP contribution in [0.25, 0.3) is 0 Å². The molecule has 1 amide bonds. The van der Waals surface area contributed by atoms with E-state index in [0.717, 1.165) is 5.76 Å². The molecular formula is C15H16BrFN2O2. The molecule has 1 aromatic carbocycles. The summed E-state index contributed by atoms with van der Waals surface area (Å²) < 4.78 is 19.6. The third kappa shape index (κ3) is 4.15. The van der Waals surface area contributed by atoms with Crippen LogP contribution in [0, 0.1) is 5.82 Å². The summed E-state index contributed by atoms with van der Waals surface area (Å²) in [5, 5.41) is 2.59. The van der Waals surface area contributed by atoms with Gasteiger partial charge in [0.15, 0.2) is 0 Å². The van der Waals surface area contributed by atoms with Gasteiger partial charge in [0.25, 0.3) is 0 Å². The van der Waals surface area contributed by atoms with E-state index in [-0.39, 0.29) is 11.6 Å². The van der Waals surface area contributed by atoms with E-state index in [9.17, 15) is 9.18 Å². The summed E-state index contributed by atoms with van der Waals surface area (Å²) >= 11 is 3.18. The van der Waals surface area contributed by atoms with Crippen LogP contribution >= 0.6 is 15.9 Å². The molecule has 112 valence electrons. The lowest BCUT2D eigenvalue weighted by atomic mass is 10.2. The van der Waals surface area contributed by atoms with Crippen LogP contribution in [-0.2, 0) is 11.3 Å². The van der Waals surface area contributed by atoms with Crippen LogP contribution in [0.3, 0.4) is 0 Å². The number of carbonyl (C=O) groups excluding carboxylic acids is 1. The van der Waals surface area contributed by atoms with Crippen molar-refractivity contribution < 1.29 is 13.6 Å². The van der Waals surface area contributed by atoms with Crippen LogP contribution in [0.4, 0.5) is 10.1 Å². The zero-order valence-corrected chi connectivity index (χ0v) is 13.4. The smallest absolute Gasteiger partial charge is 0.241 e. The number of nitrogens with one attached hydrogen (secondary N) is 1. The summed E-state index contributed by atoms with van der Waals surface area (Å²) in [6.45, 7) is 2.26. The van der Waals surface area contributed by atoms with Crippen LogP contribution in [0.1, 0.15) is 12.7 Å². The van der Waals surface area contributed by atoms with Gasteiger partial charge >= 0.3 is 0 Å². The molecular weight excluding hydrogens is 339 g/mol. The summed E-state index contributed by atoms with van der Waals surface area (Å²) in [5.41, 5.74) is 0.168. The van der Waals surface area contributed by atoms with Crippen molar-refractivity contribution in [2.45, 2.75) is 19.5 Å². The Morgan fingerprint density at radius 1 is 1.48 bits per heavy atom. The summed E-state index contributed by atoms with van der Waals surface area (Å²) in [7, 11) is 1.81. The zero-order chi connectivity index (χ0) is 15.4. The molecule has 0 saturated carbocycles. The molecule has 0 saturated heterocycles. The maximum atomic E-state index is 13.7. The Hall–Kier alpha value is -1.66. The predicted octanol–water partition coefficient (Wildman–Crippen LogP) is 3.64. The second-order valence-electron chi connectivity index (χ2n) is 4.78. The maximum Gasteiger partial charge on any atom is 0.241 e. The van der Waals surface area contributed by atoms with E-state index in [2.05, 4.69) is 21.2 Å². The van der Waals surface area contributed by atoms with Gasteiger partial charge in [0.1, 0.15) is 11.6 Å². The van der Waals surface area contributed by atoms with Gasteiger partial charge < -0.3 is 9.73 Å². The molecule has 2 rings (SSSR count). The van der Waals surface area contributed by atoms with E-state index in [0.29, 0.717) is 11.0 Å². The zero-order valence-electron chi connectivity index (χ0n) is 11.8. The lowest BCUT2D eigenvalue weighted by Crippen LogP contribution is -2.39. The van der Waals surface area contributed by atoms with E-state index in [1.807, 2.05) is 18.0 Å². The number of rotatable bonds is 5. The highest BCUT2D eigenvalue weighted by atomic mass is 79.9. The lowest BCUT2D eigenvalue weighted by molar-refractivity contribution is -0.120. The number of halogens is 2. The van der Waals surface area contributed by atoms with Gasteiger partial charge in [-0.2, -0.15) is 0 Å². The average molecular weight is 355 g/mol. The molecule has 1 N–H and O–H groups in total. The molecule has 0 radical (unpaired) electrons. The highest BCUT2D eigenvalue weighted by Crippen LogP contribution is 2.20. The fraction of sp³-hybridized carbons (Fsp3) is 0.267. The monoisotopic (exact) mass is 354 g/mol. The topological polar surface area (TPSA) is 45.5 Å². The number of nitrogens with zero attached hydrogens (tertiary/aromatic N) is 1. The highest BCUT2D eigenvalue weighted by Gasteiger charge is 2.20. The van der Waals surface area contributed by atoms with E-state index in [4.69, 9.17) is 4.42 Å². The molecule has 21 heavy (non-hydrogen) atoms. The predicted molar refractivity (Wildman–Crippen MR) is 82.4 cm³/mol. The largest absolute Gasteiger partial charge is 0.468 e. The van der Waals surface area contributed by atoms with Gasteiger partial charge in [-0.25, -0.2) is 4.39 Å². The Morgan fingerprint density at radius 3 is 2.86 bits per heavy atom. The summed E-state index contributed by atoms with van der Waals surface area (Å²) in [6.07, 6.45) is 1.59. The van der Waals surface area contributed by atoms with Gasteiger partial charge in [-0.1, -0.05) is 15.9 Å². The normalized spacial score (nSPS) is 12.4. The highest BCUT2D eigenvalue weighted by molar-refractivity contribution is 9.10. The molecule has 0 unspecified atom stereocenters. The van der Waals surface area contributed by atoms with Crippen molar-refractivity contribution in [2.24, 2.45) is 0 Å². The minimum atomic E-state index is -0.474. The minimum Gasteiger partial charge on any atom is -0.468 e. The van der Waals surface area contributed by atoms with Gasteiger partial charge in [-0.3, -0.25) is 9.69 Å². The second kappa shape index (κ2) is 6.87. The van der Waals surface area contributed by atoms with Crippen molar-refractivity contribution in [1.82, 2.24) is 4.90 Å². The molecule has 0 bridgehead atoms. The van der Waals surface area contributed by atoms with Crippen molar-refractivity contribution in [3.8, 4) is 0 Å². The van der Waals surface area contributed by atoms with Crippen LogP contribution in [0.2, 0.25) is 0 Å². The molecule has 0 aliphatic carbocycles. The first-order valence-electron chi connectivity index (χ1n) is 6.46. The summed E-state index contributed by atoms with van der Waals surface area (Å²) in [4.78, 5) is 14.0. The Kier molecular flexibility index (Phi) is 5.14. The molecule has 1 atom stereocenters.